The summed E-state index contributed by atoms with van der Waals surface area (Å²) in [6.07, 6.45) is 0.741. The van der Waals surface area contributed by atoms with Crippen LogP contribution in [0, 0.1) is 5.92 Å². The predicted octanol–water partition coefficient (Wildman–Crippen LogP) is 2.06. The zero-order valence-electron chi connectivity index (χ0n) is 11.5. The van der Waals surface area contributed by atoms with Crippen molar-refractivity contribution in [1.29, 1.82) is 0 Å². The van der Waals surface area contributed by atoms with E-state index in [0.29, 0.717) is 39.5 Å². The summed E-state index contributed by atoms with van der Waals surface area (Å²) in [5, 5.41) is 0. The van der Waals surface area contributed by atoms with Crippen LogP contribution in [-0.2, 0) is 19.0 Å². The van der Waals surface area contributed by atoms with E-state index in [9.17, 15) is 4.79 Å². The molecule has 0 saturated heterocycles. The van der Waals surface area contributed by atoms with Crippen LogP contribution in [0.4, 0.5) is 0 Å². The van der Waals surface area contributed by atoms with Gasteiger partial charge in [-0.2, -0.15) is 0 Å². The first-order valence-corrected chi connectivity index (χ1v) is 6.33. The van der Waals surface area contributed by atoms with E-state index in [4.69, 9.17) is 14.2 Å². The Morgan fingerprint density at radius 2 is 1.41 bits per heavy atom. The van der Waals surface area contributed by atoms with Crippen LogP contribution < -0.4 is 0 Å². The van der Waals surface area contributed by atoms with E-state index < -0.39 is 0 Å². The third-order valence-corrected chi connectivity index (χ3v) is 2.19. The van der Waals surface area contributed by atoms with Gasteiger partial charge in [-0.05, 0) is 13.8 Å². The monoisotopic (exact) mass is 246 g/mol. The molecule has 0 rings (SSSR count). The maximum atomic E-state index is 11.3. The molecule has 0 atom stereocenters. The largest absolute Gasteiger partial charge is 0.379 e. The van der Waals surface area contributed by atoms with E-state index >= 15 is 0 Å². The van der Waals surface area contributed by atoms with Crippen molar-refractivity contribution in [3.05, 3.63) is 0 Å². The molecule has 4 nitrogen and oxygen atoms in total. The first-order valence-electron chi connectivity index (χ1n) is 6.33. The summed E-state index contributed by atoms with van der Waals surface area (Å²) in [6.45, 7) is 10.6. The minimum atomic E-state index is 0.100. The van der Waals surface area contributed by atoms with Crippen molar-refractivity contribution in [3.63, 3.8) is 0 Å². The Hall–Kier alpha value is -0.450. The smallest absolute Gasteiger partial charge is 0.137 e. The number of ketones is 1. The summed E-state index contributed by atoms with van der Waals surface area (Å²) < 4.78 is 15.9. The molecule has 0 saturated carbocycles. The quantitative estimate of drug-likeness (QED) is 0.523. The third kappa shape index (κ3) is 11.8. The summed E-state index contributed by atoms with van der Waals surface area (Å²) in [5.74, 6) is 0.347. The van der Waals surface area contributed by atoms with Gasteiger partial charge in [-0.15, -0.1) is 0 Å². The molecule has 0 radical (unpaired) electrons. The minimum absolute atomic E-state index is 0.100. The van der Waals surface area contributed by atoms with E-state index in [1.165, 1.54) is 0 Å². The van der Waals surface area contributed by atoms with Crippen LogP contribution in [0.5, 0.6) is 0 Å². The molecule has 0 bridgehead atoms. The summed E-state index contributed by atoms with van der Waals surface area (Å²) in [6, 6.07) is 0. The SMILES string of the molecule is CC(C)OCCOCCOCCC(=O)C(C)C. The third-order valence-electron chi connectivity index (χ3n) is 2.19. The maximum absolute atomic E-state index is 11.3. The first-order chi connectivity index (χ1) is 8.04. The Labute approximate surface area is 105 Å². The van der Waals surface area contributed by atoms with E-state index in [2.05, 4.69) is 0 Å². The summed E-state index contributed by atoms with van der Waals surface area (Å²) in [7, 11) is 0. The van der Waals surface area contributed by atoms with Crippen LogP contribution in [0.2, 0.25) is 0 Å². The Kier molecular flexibility index (Phi) is 10.4. The van der Waals surface area contributed by atoms with Gasteiger partial charge < -0.3 is 14.2 Å². The van der Waals surface area contributed by atoms with Crippen molar-refractivity contribution in [1.82, 2.24) is 0 Å². The topological polar surface area (TPSA) is 44.8 Å². The molecule has 0 aliphatic carbocycles. The molecule has 102 valence electrons. The molecule has 0 aliphatic heterocycles. The zero-order chi connectivity index (χ0) is 13.1. The van der Waals surface area contributed by atoms with Crippen LogP contribution in [0.1, 0.15) is 34.1 Å². The van der Waals surface area contributed by atoms with Crippen molar-refractivity contribution < 1.29 is 19.0 Å². The second-order valence-corrected chi connectivity index (χ2v) is 4.52. The number of hydrogen-bond donors (Lipinski definition) is 0. The van der Waals surface area contributed by atoms with Gasteiger partial charge in [0.1, 0.15) is 5.78 Å². The van der Waals surface area contributed by atoms with Crippen LogP contribution in [0.25, 0.3) is 0 Å². The standard InChI is InChI=1S/C13H26O4/c1-11(2)13(14)5-6-15-7-8-16-9-10-17-12(3)4/h11-12H,5-10H2,1-4H3. The van der Waals surface area contributed by atoms with Gasteiger partial charge in [0, 0.05) is 12.3 Å². The van der Waals surface area contributed by atoms with Crippen molar-refractivity contribution in [2.45, 2.75) is 40.2 Å². The van der Waals surface area contributed by atoms with Gasteiger partial charge in [-0.1, -0.05) is 13.8 Å². The fraction of sp³-hybridized carbons (Fsp3) is 0.923. The lowest BCUT2D eigenvalue weighted by Crippen LogP contribution is -2.14. The minimum Gasteiger partial charge on any atom is -0.379 e. The number of carbonyl (C=O) groups is 1. The lowest BCUT2D eigenvalue weighted by molar-refractivity contribution is -0.123. The average molecular weight is 246 g/mol. The highest BCUT2D eigenvalue weighted by Crippen LogP contribution is 1.98. The Balaban J connectivity index is 3.11. The molecule has 0 aromatic rings. The van der Waals surface area contributed by atoms with Crippen molar-refractivity contribution in [3.8, 4) is 0 Å². The van der Waals surface area contributed by atoms with Crippen molar-refractivity contribution in [2.24, 2.45) is 5.92 Å². The van der Waals surface area contributed by atoms with E-state index in [1.54, 1.807) is 0 Å². The molecule has 0 aliphatic rings. The molecule has 17 heavy (non-hydrogen) atoms. The first kappa shape index (κ1) is 16.6. The molecule has 0 unspecified atom stereocenters. The number of ether oxygens (including phenoxy) is 3. The molecule has 0 aromatic carbocycles. The average Bonchev–Trinajstić information content (AvgIpc) is 2.25. The van der Waals surface area contributed by atoms with E-state index in [0.717, 1.165) is 0 Å². The lowest BCUT2D eigenvalue weighted by atomic mass is 10.1. The van der Waals surface area contributed by atoms with Gasteiger partial charge in [0.2, 0.25) is 0 Å². The Morgan fingerprint density at radius 1 is 0.882 bits per heavy atom. The maximum Gasteiger partial charge on any atom is 0.137 e. The highest BCUT2D eigenvalue weighted by atomic mass is 16.5. The van der Waals surface area contributed by atoms with E-state index in [-0.39, 0.29) is 17.8 Å². The van der Waals surface area contributed by atoms with Crippen LogP contribution in [0.3, 0.4) is 0 Å². The summed E-state index contributed by atoms with van der Waals surface area (Å²) >= 11 is 0. The van der Waals surface area contributed by atoms with Gasteiger partial charge in [0.25, 0.3) is 0 Å². The number of carbonyl (C=O) groups excluding carboxylic acids is 1. The van der Waals surface area contributed by atoms with Gasteiger partial charge in [-0.3, -0.25) is 4.79 Å². The normalized spacial score (nSPS) is 11.4. The second-order valence-electron chi connectivity index (χ2n) is 4.52. The summed E-state index contributed by atoms with van der Waals surface area (Å²) in [5.41, 5.74) is 0. The Morgan fingerprint density at radius 3 is 1.94 bits per heavy atom. The highest BCUT2D eigenvalue weighted by Gasteiger charge is 2.05. The molecule has 0 N–H and O–H groups in total. The molecular weight excluding hydrogens is 220 g/mol. The highest BCUT2D eigenvalue weighted by molar-refractivity contribution is 5.80. The van der Waals surface area contributed by atoms with Gasteiger partial charge in [0.15, 0.2) is 0 Å². The van der Waals surface area contributed by atoms with Crippen LogP contribution in [-0.4, -0.2) is 44.9 Å². The lowest BCUT2D eigenvalue weighted by Gasteiger charge is -2.08. The van der Waals surface area contributed by atoms with Crippen molar-refractivity contribution >= 4 is 5.78 Å². The summed E-state index contributed by atoms with van der Waals surface area (Å²) in [4.78, 5) is 11.3. The van der Waals surface area contributed by atoms with Crippen molar-refractivity contribution in [2.75, 3.05) is 33.0 Å². The second kappa shape index (κ2) is 10.7. The van der Waals surface area contributed by atoms with E-state index in [1.807, 2.05) is 27.7 Å². The number of Topliss-reactive ketones (excluding diaryl/α,β-unsaturated/α-hetero) is 1. The van der Waals surface area contributed by atoms with Gasteiger partial charge >= 0.3 is 0 Å². The van der Waals surface area contributed by atoms with Crippen LogP contribution >= 0.6 is 0 Å². The zero-order valence-corrected chi connectivity index (χ0v) is 11.5. The number of hydrogen-bond acceptors (Lipinski definition) is 4. The molecular formula is C13H26O4. The van der Waals surface area contributed by atoms with Crippen LogP contribution in [0.15, 0.2) is 0 Å². The Bertz CT molecular complexity index is 190. The molecule has 4 heteroatoms. The fourth-order valence-electron chi connectivity index (χ4n) is 1.13. The van der Waals surface area contributed by atoms with Gasteiger partial charge in [0.05, 0.1) is 39.1 Å². The fourth-order valence-corrected chi connectivity index (χ4v) is 1.13. The molecule has 0 amide bonds. The molecule has 0 fully saturated rings. The predicted molar refractivity (Wildman–Crippen MR) is 67.2 cm³/mol. The molecule has 0 heterocycles. The number of rotatable bonds is 11. The van der Waals surface area contributed by atoms with Gasteiger partial charge in [-0.25, -0.2) is 0 Å². The molecule has 0 spiro atoms. The molecule has 0 aromatic heterocycles.